The first-order chi connectivity index (χ1) is 9.61. The van der Waals surface area contributed by atoms with Crippen LogP contribution in [0, 0.1) is 5.92 Å². The number of nitrogens with one attached hydrogen (secondary N) is 1. The van der Waals surface area contributed by atoms with Crippen LogP contribution in [-0.2, 0) is 6.42 Å². The highest BCUT2D eigenvalue weighted by Crippen LogP contribution is 2.28. The van der Waals surface area contributed by atoms with E-state index in [1.54, 1.807) is 0 Å². The maximum absolute atomic E-state index is 3.44. The Morgan fingerprint density at radius 2 is 2.20 bits per heavy atom. The van der Waals surface area contributed by atoms with E-state index in [2.05, 4.69) is 62.3 Å². The number of aryl methyl sites for hydroxylation is 1. The molecular formula is C18H28N2. The normalized spacial score (nSPS) is 15.7. The number of hydrogen-bond acceptors (Lipinski definition) is 2. The van der Waals surface area contributed by atoms with Gasteiger partial charge in [0.1, 0.15) is 0 Å². The summed E-state index contributed by atoms with van der Waals surface area (Å²) in [5.74, 6) is 0.591. The molecule has 1 heterocycles. The van der Waals surface area contributed by atoms with Crippen molar-refractivity contribution < 1.29 is 0 Å². The van der Waals surface area contributed by atoms with Gasteiger partial charge in [0, 0.05) is 25.8 Å². The van der Waals surface area contributed by atoms with E-state index in [-0.39, 0.29) is 0 Å². The lowest BCUT2D eigenvalue weighted by atomic mass is 9.96. The van der Waals surface area contributed by atoms with E-state index in [1.807, 2.05) is 0 Å². The fourth-order valence-electron chi connectivity index (χ4n) is 2.80. The van der Waals surface area contributed by atoms with E-state index in [0.717, 1.165) is 13.1 Å². The van der Waals surface area contributed by atoms with Crippen LogP contribution >= 0.6 is 0 Å². The second-order valence-electron chi connectivity index (χ2n) is 6.07. The molecule has 0 saturated carbocycles. The molecule has 1 aliphatic heterocycles. The van der Waals surface area contributed by atoms with E-state index in [9.17, 15) is 0 Å². The standard InChI is InChI=1S/C18H28N2/c1-5-19-13-17(14(2)3)12-15-8-9-18-16(11-15)7-6-10-20(18)4/h8-9,11-12,14,19H,5-7,10,13H2,1-4H3. The highest BCUT2D eigenvalue weighted by molar-refractivity contribution is 5.63. The average Bonchev–Trinajstić information content (AvgIpc) is 2.43. The number of anilines is 1. The number of hydrogen-bond donors (Lipinski definition) is 1. The monoisotopic (exact) mass is 272 g/mol. The van der Waals surface area contributed by atoms with Crippen LogP contribution in [0.25, 0.3) is 6.08 Å². The third-order valence-corrected chi connectivity index (χ3v) is 4.13. The Hall–Kier alpha value is -1.28. The van der Waals surface area contributed by atoms with Gasteiger partial charge in [0.2, 0.25) is 0 Å². The molecule has 1 aliphatic rings. The van der Waals surface area contributed by atoms with Crippen molar-refractivity contribution in [3.05, 3.63) is 34.9 Å². The van der Waals surface area contributed by atoms with Gasteiger partial charge in [-0.15, -0.1) is 0 Å². The maximum atomic E-state index is 3.44. The molecule has 0 radical (unpaired) electrons. The predicted molar refractivity (Wildman–Crippen MR) is 89.4 cm³/mol. The number of rotatable bonds is 5. The predicted octanol–water partition coefficient (Wildman–Crippen LogP) is 3.72. The average molecular weight is 272 g/mol. The van der Waals surface area contributed by atoms with Gasteiger partial charge in [-0.1, -0.05) is 38.5 Å². The molecule has 0 bridgehead atoms. The summed E-state index contributed by atoms with van der Waals surface area (Å²) in [6, 6.07) is 6.92. The molecular weight excluding hydrogens is 244 g/mol. The minimum Gasteiger partial charge on any atom is -0.374 e. The first-order valence-electron chi connectivity index (χ1n) is 7.87. The van der Waals surface area contributed by atoms with Crippen molar-refractivity contribution in [1.29, 1.82) is 0 Å². The molecule has 2 nitrogen and oxygen atoms in total. The van der Waals surface area contributed by atoms with Gasteiger partial charge in [0.25, 0.3) is 0 Å². The van der Waals surface area contributed by atoms with Crippen molar-refractivity contribution in [3.63, 3.8) is 0 Å². The first kappa shape index (κ1) is 15.1. The van der Waals surface area contributed by atoms with Crippen LogP contribution in [0.2, 0.25) is 0 Å². The Bertz CT molecular complexity index is 474. The van der Waals surface area contributed by atoms with E-state index in [4.69, 9.17) is 0 Å². The molecule has 0 amide bonds. The molecule has 1 aromatic rings. The van der Waals surface area contributed by atoms with E-state index >= 15 is 0 Å². The molecule has 1 N–H and O–H groups in total. The maximum Gasteiger partial charge on any atom is 0.0396 e. The van der Waals surface area contributed by atoms with Gasteiger partial charge in [-0.25, -0.2) is 0 Å². The highest BCUT2D eigenvalue weighted by Gasteiger charge is 2.13. The molecule has 0 aromatic heterocycles. The fourth-order valence-corrected chi connectivity index (χ4v) is 2.80. The smallest absolute Gasteiger partial charge is 0.0396 e. The molecule has 1 aromatic carbocycles. The van der Waals surface area contributed by atoms with Crippen LogP contribution in [0.3, 0.4) is 0 Å². The van der Waals surface area contributed by atoms with Crippen LogP contribution in [0.5, 0.6) is 0 Å². The topological polar surface area (TPSA) is 15.3 Å². The Kier molecular flexibility index (Phi) is 5.24. The molecule has 0 unspecified atom stereocenters. The highest BCUT2D eigenvalue weighted by atomic mass is 15.1. The van der Waals surface area contributed by atoms with Crippen LogP contribution in [0.4, 0.5) is 5.69 Å². The van der Waals surface area contributed by atoms with Gasteiger partial charge in [0.15, 0.2) is 0 Å². The Labute approximate surface area is 123 Å². The summed E-state index contributed by atoms with van der Waals surface area (Å²) < 4.78 is 0. The second kappa shape index (κ2) is 6.94. The summed E-state index contributed by atoms with van der Waals surface area (Å²) in [6.45, 7) is 9.90. The van der Waals surface area contributed by atoms with E-state index in [1.165, 1.54) is 41.8 Å². The Morgan fingerprint density at radius 1 is 1.40 bits per heavy atom. The van der Waals surface area contributed by atoms with Crippen LogP contribution in [-0.4, -0.2) is 26.7 Å². The van der Waals surface area contributed by atoms with Crippen LogP contribution in [0.15, 0.2) is 23.8 Å². The summed E-state index contributed by atoms with van der Waals surface area (Å²) in [6.07, 6.45) is 4.85. The van der Waals surface area contributed by atoms with Crippen molar-refractivity contribution in [2.45, 2.75) is 33.6 Å². The van der Waals surface area contributed by atoms with Gasteiger partial charge >= 0.3 is 0 Å². The van der Waals surface area contributed by atoms with E-state index < -0.39 is 0 Å². The largest absolute Gasteiger partial charge is 0.374 e. The third kappa shape index (κ3) is 3.63. The summed E-state index contributed by atoms with van der Waals surface area (Å²) in [7, 11) is 2.19. The van der Waals surface area contributed by atoms with Crippen molar-refractivity contribution in [3.8, 4) is 0 Å². The van der Waals surface area contributed by atoms with Gasteiger partial charge in [-0.3, -0.25) is 0 Å². The lowest BCUT2D eigenvalue weighted by molar-refractivity contribution is 0.682. The zero-order chi connectivity index (χ0) is 14.5. The third-order valence-electron chi connectivity index (χ3n) is 4.13. The molecule has 2 rings (SSSR count). The summed E-state index contributed by atoms with van der Waals surface area (Å²) in [4.78, 5) is 2.37. The molecule has 0 atom stereocenters. The zero-order valence-corrected chi connectivity index (χ0v) is 13.4. The molecule has 110 valence electrons. The second-order valence-corrected chi connectivity index (χ2v) is 6.07. The van der Waals surface area contributed by atoms with Crippen molar-refractivity contribution in [1.82, 2.24) is 5.32 Å². The molecule has 20 heavy (non-hydrogen) atoms. The van der Waals surface area contributed by atoms with Crippen molar-refractivity contribution >= 4 is 11.8 Å². The Balaban J connectivity index is 2.23. The molecule has 0 spiro atoms. The van der Waals surface area contributed by atoms with Crippen LogP contribution in [0.1, 0.15) is 38.3 Å². The minimum absolute atomic E-state index is 0.591. The SMILES string of the molecule is CCNCC(=Cc1ccc2c(c1)CCCN2C)C(C)C. The van der Waals surface area contributed by atoms with Gasteiger partial charge in [-0.2, -0.15) is 0 Å². The lowest BCUT2D eigenvalue weighted by Crippen LogP contribution is -2.24. The van der Waals surface area contributed by atoms with E-state index in [0.29, 0.717) is 5.92 Å². The molecule has 0 saturated heterocycles. The van der Waals surface area contributed by atoms with Gasteiger partial charge < -0.3 is 10.2 Å². The number of benzene rings is 1. The fraction of sp³-hybridized carbons (Fsp3) is 0.556. The molecule has 0 aliphatic carbocycles. The summed E-state index contributed by atoms with van der Waals surface area (Å²) >= 11 is 0. The summed E-state index contributed by atoms with van der Waals surface area (Å²) in [5, 5.41) is 3.44. The van der Waals surface area contributed by atoms with Gasteiger partial charge in [-0.05, 0) is 48.6 Å². The first-order valence-corrected chi connectivity index (χ1v) is 7.87. The van der Waals surface area contributed by atoms with Crippen LogP contribution < -0.4 is 10.2 Å². The quantitative estimate of drug-likeness (QED) is 0.879. The minimum atomic E-state index is 0.591. The zero-order valence-electron chi connectivity index (χ0n) is 13.4. The number of fused-ring (bicyclic) bond motifs is 1. The lowest BCUT2D eigenvalue weighted by Gasteiger charge is -2.27. The van der Waals surface area contributed by atoms with Crippen molar-refractivity contribution in [2.75, 3.05) is 31.6 Å². The number of likely N-dealkylation sites (N-methyl/N-ethyl adjacent to an activating group) is 1. The number of nitrogens with zero attached hydrogens (tertiary/aromatic N) is 1. The van der Waals surface area contributed by atoms with Gasteiger partial charge in [0.05, 0.1) is 0 Å². The van der Waals surface area contributed by atoms with Crippen molar-refractivity contribution in [2.24, 2.45) is 5.92 Å². The molecule has 2 heteroatoms. The molecule has 0 fully saturated rings. The Morgan fingerprint density at radius 3 is 2.90 bits per heavy atom. The summed E-state index contributed by atoms with van der Waals surface area (Å²) in [5.41, 5.74) is 5.74.